The molecular formula is C14H10O7S. The number of benzene rings is 2. The van der Waals surface area contributed by atoms with Crippen molar-refractivity contribution in [2.75, 3.05) is 0 Å². The van der Waals surface area contributed by atoms with Gasteiger partial charge in [0.25, 0.3) is 10.1 Å². The van der Waals surface area contributed by atoms with E-state index in [1.165, 1.54) is 24.3 Å². The van der Waals surface area contributed by atoms with E-state index in [0.717, 1.165) is 18.2 Å². The molecular weight excluding hydrogens is 312 g/mol. The highest BCUT2D eigenvalue weighted by Crippen LogP contribution is 2.29. The zero-order chi connectivity index (χ0) is 16.5. The quantitative estimate of drug-likeness (QED) is 0.734. The fourth-order valence-corrected chi connectivity index (χ4v) is 2.72. The van der Waals surface area contributed by atoms with Gasteiger partial charge in [0.2, 0.25) is 0 Å². The second-order valence-corrected chi connectivity index (χ2v) is 5.73. The molecule has 0 bridgehead atoms. The van der Waals surface area contributed by atoms with Gasteiger partial charge in [0.15, 0.2) is 0 Å². The van der Waals surface area contributed by atoms with Crippen molar-refractivity contribution >= 4 is 22.1 Å². The summed E-state index contributed by atoms with van der Waals surface area (Å²) in [5, 5.41) is 18.0. The van der Waals surface area contributed by atoms with Gasteiger partial charge in [-0.1, -0.05) is 24.3 Å². The average Bonchev–Trinajstić information content (AvgIpc) is 2.45. The first-order valence-corrected chi connectivity index (χ1v) is 7.33. The molecule has 0 aliphatic heterocycles. The van der Waals surface area contributed by atoms with Gasteiger partial charge in [-0.2, -0.15) is 8.42 Å². The lowest BCUT2D eigenvalue weighted by Gasteiger charge is -2.09. The molecule has 0 aliphatic rings. The number of carboxylic acid groups (broad SMARTS) is 2. The highest BCUT2D eigenvalue weighted by molar-refractivity contribution is 7.86. The molecule has 0 spiro atoms. The normalized spacial score (nSPS) is 11.1. The standard InChI is InChI=1S/C14H10O7S/c15-13(16)10-6-5-8(7-11(10)14(17)18)9-3-1-2-4-12(9)22(19,20)21/h1-7H,(H,15,16)(H,17,18)(H,19,20,21). The van der Waals surface area contributed by atoms with Gasteiger partial charge in [0, 0.05) is 5.56 Å². The summed E-state index contributed by atoms with van der Waals surface area (Å²) in [4.78, 5) is 21.8. The van der Waals surface area contributed by atoms with E-state index in [-0.39, 0.29) is 11.1 Å². The summed E-state index contributed by atoms with van der Waals surface area (Å²) in [5.41, 5.74) is -0.657. The van der Waals surface area contributed by atoms with Crippen molar-refractivity contribution in [2.24, 2.45) is 0 Å². The minimum absolute atomic E-state index is 0.0736. The van der Waals surface area contributed by atoms with Crippen LogP contribution in [-0.4, -0.2) is 35.1 Å². The van der Waals surface area contributed by atoms with E-state index >= 15 is 0 Å². The lowest BCUT2D eigenvalue weighted by Crippen LogP contribution is -2.08. The molecule has 3 N–H and O–H groups in total. The minimum atomic E-state index is -4.50. The van der Waals surface area contributed by atoms with Crippen LogP contribution in [0.4, 0.5) is 0 Å². The third-order valence-corrected chi connectivity index (χ3v) is 3.87. The maximum Gasteiger partial charge on any atom is 0.336 e. The Morgan fingerprint density at radius 3 is 2.00 bits per heavy atom. The summed E-state index contributed by atoms with van der Waals surface area (Å²) in [5.74, 6) is -2.87. The summed E-state index contributed by atoms with van der Waals surface area (Å²) in [6.45, 7) is 0. The Morgan fingerprint density at radius 1 is 0.864 bits per heavy atom. The molecule has 0 heterocycles. The van der Waals surface area contributed by atoms with Gasteiger partial charge in [-0.3, -0.25) is 4.55 Å². The summed E-state index contributed by atoms with van der Waals surface area (Å²) in [6, 6.07) is 8.85. The number of rotatable bonds is 4. The smallest absolute Gasteiger partial charge is 0.336 e. The summed E-state index contributed by atoms with van der Waals surface area (Å²) < 4.78 is 31.9. The number of carboxylic acids is 2. The number of carbonyl (C=O) groups is 2. The molecule has 0 aromatic heterocycles. The van der Waals surface area contributed by atoms with Crippen LogP contribution in [0.25, 0.3) is 11.1 Å². The van der Waals surface area contributed by atoms with E-state index in [1.54, 1.807) is 0 Å². The van der Waals surface area contributed by atoms with Crippen LogP contribution in [0.1, 0.15) is 20.7 Å². The maximum absolute atomic E-state index is 11.4. The van der Waals surface area contributed by atoms with Crippen LogP contribution in [0.15, 0.2) is 47.4 Å². The molecule has 8 heteroatoms. The Balaban J connectivity index is 2.73. The Hall–Kier alpha value is -2.71. The summed E-state index contributed by atoms with van der Waals surface area (Å²) in [7, 11) is -4.50. The monoisotopic (exact) mass is 322 g/mol. The van der Waals surface area contributed by atoms with Crippen molar-refractivity contribution in [3.8, 4) is 11.1 Å². The molecule has 7 nitrogen and oxygen atoms in total. The highest BCUT2D eigenvalue weighted by atomic mass is 32.2. The van der Waals surface area contributed by atoms with Gasteiger partial charge in [0.05, 0.1) is 11.1 Å². The Labute approximate surface area is 125 Å². The van der Waals surface area contributed by atoms with Gasteiger partial charge >= 0.3 is 11.9 Å². The third kappa shape index (κ3) is 2.97. The fraction of sp³-hybridized carbons (Fsp3) is 0. The van der Waals surface area contributed by atoms with E-state index in [4.69, 9.17) is 10.2 Å². The van der Waals surface area contributed by atoms with Crippen LogP contribution in [0.5, 0.6) is 0 Å². The molecule has 0 saturated heterocycles. The van der Waals surface area contributed by atoms with Crippen LogP contribution in [0.2, 0.25) is 0 Å². The van der Waals surface area contributed by atoms with Crippen LogP contribution in [0, 0.1) is 0 Å². The van der Waals surface area contributed by atoms with Crippen molar-refractivity contribution in [3.05, 3.63) is 53.6 Å². The second-order valence-electron chi connectivity index (χ2n) is 4.34. The first kappa shape index (κ1) is 15.7. The zero-order valence-corrected chi connectivity index (χ0v) is 11.7. The first-order valence-electron chi connectivity index (χ1n) is 5.89. The topological polar surface area (TPSA) is 129 Å². The third-order valence-electron chi connectivity index (χ3n) is 2.96. The van der Waals surface area contributed by atoms with E-state index < -0.39 is 38.1 Å². The van der Waals surface area contributed by atoms with Crippen LogP contribution in [0.3, 0.4) is 0 Å². The van der Waals surface area contributed by atoms with E-state index in [9.17, 15) is 22.6 Å². The summed E-state index contributed by atoms with van der Waals surface area (Å²) in [6.07, 6.45) is 0. The maximum atomic E-state index is 11.4. The molecule has 114 valence electrons. The molecule has 0 fully saturated rings. The van der Waals surface area contributed by atoms with Gasteiger partial charge in [-0.15, -0.1) is 0 Å². The van der Waals surface area contributed by atoms with E-state index in [0.29, 0.717) is 0 Å². The zero-order valence-electron chi connectivity index (χ0n) is 10.9. The molecule has 0 atom stereocenters. The average molecular weight is 322 g/mol. The van der Waals surface area contributed by atoms with Gasteiger partial charge in [-0.05, 0) is 23.8 Å². The molecule has 22 heavy (non-hydrogen) atoms. The summed E-state index contributed by atoms with van der Waals surface area (Å²) >= 11 is 0. The number of hydrogen-bond donors (Lipinski definition) is 3. The number of hydrogen-bond acceptors (Lipinski definition) is 4. The lowest BCUT2D eigenvalue weighted by molar-refractivity contribution is 0.0651. The molecule has 0 aliphatic carbocycles. The van der Waals surface area contributed by atoms with Crippen LogP contribution >= 0.6 is 0 Å². The Morgan fingerprint density at radius 2 is 1.45 bits per heavy atom. The SMILES string of the molecule is O=C(O)c1ccc(-c2ccccc2S(=O)(=O)O)cc1C(=O)O. The molecule has 0 amide bonds. The van der Waals surface area contributed by atoms with Gasteiger partial charge < -0.3 is 10.2 Å². The largest absolute Gasteiger partial charge is 0.478 e. The van der Waals surface area contributed by atoms with Crippen molar-refractivity contribution in [1.29, 1.82) is 0 Å². The van der Waals surface area contributed by atoms with Gasteiger partial charge in [0.1, 0.15) is 4.90 Å². The lowest BCUT2D eigenvalue weighted by atomic mass is 9.99. The van der Waals surface area contributed by atoms with Crippen molar-refractivity contribution < 1.29 is 32.8 Å². The Bertz CT molecular complexity index is 869. The van der Waals surface area contributed by atoms with E-state index in [1.807, 2.05) is 0 Å². The van der Waals surface area contributed by atoms with Crippen molar-refractivity contribution in [1.82, 2.24) is 0 Å². The van der Waals surface area contributed by atoms with Crippen LogP contribution < -0.4 is 0 Å². The van der Waals surface area contributed by atoms with Crippen LogP contribution in [-0.2, 0) is 10.1 Å². The fourth-order valence-electron chi connectivity index (χ4n) is 2.01. The van der Waals surface area contributed by atoms with Crippen molar-refractivity contribution in [3.63, 3.8) is 0 Å². The van der Waals surface area contributed by atoms with Gasteiger partial charge in [-0.25, -0.2) is 9.59 Å². The first-order chi connectivity index (χ1) is 10.2. The molecule has 2 aromatic rings. The predicted molar refractivity (Wildman–Crippen MR) is 75.6 cm³/mol. The second kappa shape index (κ2) is 5.58. The highest BCUT2D eigenvalue weighted by Gasteiger charge is 2.20. The molecule has 0 saturated carbocycles. The minimum Gasteiger partial charge on any atom is -0.478 e. The molecule has 0 unspecified atom stereocenters. The van der Waals surface area contributed by atoms with Crippen molar-refractivity contribution in [2.45, 2.75) is 4.90 Å². The predicted octanol–water partition coefficient (Wildman–Crippen LogP) is 2.00. The van der Waals surface area contributed by atoms with E-state index in [2.05, 4.69) is 0 Å². The molecule has 2 rings (SSSR count). The molecule has 0 radical (unpaired) electrons. The number of aromatic carboxylic acids is 2. The Kier molecular flexibility index (Phi) is 3.98. The molecule has 2 aromatic carbocycles.